The zero-order valence-electron chi connectivity index (χ0n) is 52.5. The molecule has 0 amide bonds. The third-order valence-electron chi connectivity index (χ3n) is 14.1. The van der Waals surface area contributed by atoms with Crippen molar-refractivity contribution in [1.82, 2.24) is 0 Å². The van der Waals surface area contributed by atoms with E-state index < -0.39 is 306 Å². The molecule has 1 atom stereocenters. The van der Waals surface area contributed by atoms with Gasteiger partial charge in [-0.25, -0.2) is 162 Å². The van der Waals surface area contributed by atoms with Gasteiger partial charge in [-0.05, 0) is 101 Å². The van der Waals surface area contributed by atoms with Crippen molar-refractivity contribution >= 4 is 28.7 Å². The summed E-state index contributed by atoms with van der Waals surface area (Å²) in [5, 5.41) is -0.356. The van der Waals surface area contributed by atoms with E-state index in [2.05, 4.69) is 0 Å². The second kappa shape index (κ2) is 37.0. The summed E-state index contributed by atoms with van der Waals surface area (Å²) in [5.74, 6) is -76.6. The summed E-state index contributed by atoms with van der Waals surface area (Å²) < 4.78 is 505. The third-order valence-corrected chi connectivity index (χ3v) is 16.2. The Hall–Kier alpha value is -9.05. The number of benzene rings is 9. The third kappa shape index (κ3) is 18.1. The van der Waals surface area contributed by atoms with Gasteiger partial charge in [-0.15, -0.1) is 0 Å². The van der Waals surface area contributed by atoms with Crippen LogP contribution in [-0.2, 0) is 3.80 Å². The van der Waals surface area contributed by atoms with Gasteiger partial charge in [0.1, 0.15) is 6.42 Å². The SMILES string of the molecule is CCCCCCP(CF)c1cc(F)c(F)c(F)c1F.Cc1cc(-c2c(F)c(F)c(F)c(F)c2F)c(F)c(F)c1F.Cc1cc(-c2c(F)c(F)c(F)c(F)c2F)c(F)c(F)c1F.Cc1cc(-c2c(F)c(F)c(F)c(F)c2F)c(F)c(F)c1F.Cc1cc(-c2c(F)c(F)c(F)c(F)c2F)c(F)c(F)c1F.[O]=[Al][OH]. The van der Waals surface area contributed by atoms with Gasteiger partial charge in [0.15, 0.2) is 186 Å². The number of unbranched alkanes of at least 4 members (excludes halogenated alkanes) is 3. The van der Waals surface area contributed by atoms with Crippen LogP contribution in [0.4, 0.5) is 162 Å². The first kappa shape index (κ1) is 89.3. The molecule has 41 heteroatoms. The molecule has 2 nitrogen and oxygen atoms in total. The molecule has 0 aliphatic carbocycles. The van der Waals surface area contributed by atoms with E-state index >= 15 is 0 Å². The Balaban J connectivity index is 0.000000278. The molecule has 572 valence electrons. The van der Waals surface area contributed by atoms with Gasteiger partial charge in [-0.1, -0.05) is 26.2 Å². The van der Waals surface area contributed by atoms with Crippen LogP contribution < -0.4 is 5.30 Å². The molecule has 9 aromatic carbocycles. The fourth-order valence-corrected chi connectivity index (χ4v) is 10.5. The van der Waals surface area contributed by atoms with Crippen LogP contribution in [-0.4, -0.2) is 32.2 Å². The topological polar surface area (TPSA) is 37.3 Å². The quantitative estimate of drug-likeness (QED) is 0.0350. The fraction of sp³-hybridized carbons (Fsp3) is 0.169. The van der Waals surface area contributed by atoms with E-state index in [-0.39, 0.29) is 5.30 Å². The second-order valence-electron chi connectivity index (χ2n) is 20.9. The van der Waals surface area contributed by atoms with Crippen LogP contribution in [0, 0.1) is 237 Å². The monoisotopic (exact) mass is 1610 g/mol. The van der Waals surface area contributed by atoms with Crippen molar-refractivity contribution in [2.24, 2.45) is 0 Å². The molecular weight excluding hydrogens is 1570 g/mol. The predicted molar refractivity (Wildman–Crippen MR) is 302 cm³/mol. The van der Waals surface area contributed by atoms with E-state index in [1.165, 1.54) is 0 Å². The Kier molecular flexibility index (Phi) is 31.2. The van der Waals surface area contributed by atoms with Crippen LogP contribution in [0.25, 0.3) is 44.5 Å². The summed E-state index contributed by atoms with van der Waals surface area (Å²) in [6.07, 6.45) is 3.01. The number of hydrogen-bond acceptors (Lipinski definition) is 1. The Morgan fingerprint density at radius 1 is 0.264 bits per heavy atom. The molecule has 0 radical (unpaired) electrons. The average Bonchev–Trinajstić information content (AvgIpc) is 0.780. The predicted octanol–water partition coefficient (Wildman–Crippen LogP) is 22.9. The van der Waals surface area contributed by atoms with Gasteiger partial charge < -0.3 is 0 Å². The zero-order valence-corrected chi connectivity index (χ0v) is 54.5. The minimum atomic E-state index is -2.44. The van der Waals surface area contributed by atoms with Crippen molar-refractivity contribution < 1.29 is 170 Å². The van der Waals surface area contributed by atoms with E-state index in [1.807, 2.05) is 6.92 Å². The first-order valence-corrected chi connectivity index (χ1v) is 30.7. The molecular formula is C65H33AlF37O2P. The molecule has 0 aliphatic heterocycles. The summed E-state index contributed by atoms with van der Waals surface area (Å²) in [7, 11) is -1.62. The van der Waals surface area contributed by atoms with Gasteiger partial charge in [-0.3, -0.25) is 0 Å². The second-order valence-corrected chi connectivity index (χ2v) is 23.3. The number of aryl methyl sites for hydroxylation is 4. The van der Waals surface area contributed by atoms with Crippen LogP contribution in [0.15, 0.2) is 30.3 Å². The number of rotatable bonds is 11. The summed E-state index contributed by atoms with van der Waals surface area (Å²) in [6, 6.07) is 2.38. The molecule has 1 unspecified atom stereocenters. The number of alkyl halides is 1. The Morgan fingerprint density at radius 2 is 0.453 bits per heavy atom. The van der Waals surface area contributed by atoms with Gasteiger partial charge in [0.05, 0.1) is 22.3 Å². The molecule has 0 bridgehead atoms. The van der Waals surface area contributed by atoms with Gasteiger partial charge in [-0.2, -0.15) is 0 Å². The van der Waals surface area contributed by atoms with Crippen LogP contribution in [0.2, 0.25) is 0 Å². The summed E-state index contributed by atoms with van der Waals surface area (Å²) in [4.78, 5) is 0. The van der Waals surface area contributed by atoms with E-state index in [4.69, 9.17) is 7.96 Å². The summed E-state index contributed by atoms with van der Waals surface area (Å²) >= 11 is -1.50. The molecule has 9 rings (SSSR count). The molecule has 9 aromatic rings. The number of hydrogen-bond donors (Lipinski definition) is 1. The Bertz CT molecular complexity index is 4240. The standard InChI is InChI=1S/4C13H4F8.C13H16F5P.Al.H2O.O/c4*1-3-2-4(7(15)10(18)6(3)14)5-8(16)11(19)13(21)12(20)9(5)17;1-2-3-4-5-6-19(8-14)10-7-9(15)11(16)13(18)12(10)17;;;/h4*2H,1H3;7H,2-6,8H2,1H3;;1H2;/q;;;;;+1;;/p-1. The fourth-order valence-electron chi connectivity index (χ4n) is 8.78. The van der Waals surface area contributed by atoms with Crippen molar-refractivity contribution in [3.05, 3.63) is 262 Å². The first-order chi connectivity index (χ1) is 49.2. The molecule has 0 spiro atoms. The van der Waals surface area contributed by atoms with E-state index in [1.54, 1.807) is 0 Å². The van der Waals surface area contributed by atoms with Gasteiger partial charge in [0.25, 0.3) is 0 Å². The van der Waals surface area contributed by atoms with Crippen LogP contribution in [0.5, 0.6) is 0 Å². The average molecular weight is 1610 g/mol. The van der Waals surface area contributed by atoms with Crippen LogP contribution in [0.1, 0.15) is 54.9 Å². The molecule has 0 fully saturated rings. The summed E-state index contributed by atoms with van der Waals surface area (Å²) in [6.45, 7) is 5.77. The van der Waals surface area contributed by atoms with E-state index in [9.17, 15) is 162 Å². The van der Waals surface area contributed by atoms with Crippen molar-refractivity contribution in [2.45, 2.75) is 60.3 Å². The van der Waals surface area contributed by atoms with Crippen molar-refractivity contribution in [3.63, 3.8) is 0 Å². The Labute approximate surface area is 577 Å². The Morgan fingerprint density at radius 3 is 0.651 bits per heavy atom. The van der Waals surface area contributed by atoms with Crippen molar-refractivity contribution in [3.8, 4) is 44.5 Å². The maximum atomic E-state index is 13.6. The number of halogens is 37. The molecule has 0 aromatic heterocycles. The maximum absolute atomic E-state index is 13.6. The molecule has 106 heavy (non-hydrogen) atoms. The minimum absolute atomic E-state index is 0.354. The zero-order chi connectivity index (χ0) is 81.4. The molecule has 0 saturated heterocycles. The summed E-state index contributed by atoms with van der Waals surface area (Å²) in [5.41, 5.74) is -14.0. The van der Waals surface area contributed by atoms with E-state index in [0.29, 0.717) is 42.9 Å². The van der Waals surface area contributed by atoms with Crippen LogP contribution >= 0.6 is 7.92 Å². The van der Waals surface area contributed by atoms with Gasteiger partial charge >= 0.3 is 23.4 Å². The van der Waals surface area contributed by atoms with Crippen LogP contribution in [0.3, 0.4) is 0 Å². The molecule has 0 heterocycles. The molecule has 1 N–H and O–H groups in total. The van der Waals surface area contributed by atoms with Gasteiger partial charge in [0.2, 0.25) is 23.3 Å². The molecule has 0 saturated carbocycles. The van der Waals surface area contributed by atoms with Gasteiger partial charge in [0, 0.05) is 27.6 Å². The first-order valence-electron chi connectivity index (χ1n) is 28.0. The van der Waals surface area contributed by atoms with Crippen molar-refractivity contribution in [2.75, 3.05) is 12.6 Å². The molecule has 0 aliphatic rings. The normalized spacial score (nSPS) is 11.2. The van der Waals surface area contributed by atoms with E-state index in [0.717, 1.165) is 47.0 Å². The van der Waals surface area contributed by atoms with Crippen molar-refractivity contribution in [1.29, 1.82) is 0 Å².